The molecule has 1 heterocycles. The van der Waals surface area contributed by atoms with Gasteiger partial charge in [0.15, 0.2) is 0 Å². The minimum absolute atomic E-state index is 0.421. The fourth-order valence-electron chi connectivity index (χ4n) is 2.58. The number of esters is 1. The van der Waals surface area contributed by atoms with Crippen LogP contribution in [-0.4, -0.2) is 22.9 Å². The van der Waals surface area contributed by atoms with Gasteiger partial charge in [0.05, 0.1) is 24.9 Å². The molecule has 0 fully saturated rings. The summed E-state index contributed by atoms with van der Waals surface area (Å²) in [5.74, 6) is -0.421. The van der Waals surface area contributed by atoms with E-state index in [0.29, 0.717) is 22.3 Å². The van der Waals surface area contributed by atoms with Gasteiger partial charge >= 0.3 is 5.97 Å². The number of aryl methyl sites for hydroxylation is 1. The van der Waals surface area contributed by atoms with Gasteiger partial charge in [0.2, 0.25) is 0 Å². The molecule has 6 heteroatoms. The Balaban J connectivity index is 2.06. The lowest BCUT2D eigenvalue weighted by Crippen LogP contribution is -2.02. The van der Waals surface area contributed by atoms with Crippen LogP contribution < -0.4 is 0 Å². The van der Waals surface area contributed by atoms with Gasteiger partial charge in [-0.05, 0) is 42.3 Å². The Hall–Kier alpha value is -2.30. The number of fused-ring (bicyclic) bond motifs is 1. The molecule has 25 heavy (non-hydrogen) atoms. The van der Waals surface area contributed by atoms with Crippen molar-refractivity contribution in [3.63, 3.8) is 0 Å². The second kappa shape index (κ2) is 7.30. The van der Waals surface area contributed by atoms with E-state index in [4.69, 9.17) is 23.2 Å². The lowest BCUT2D eigenvalue weighted by atomic mass is 10.1. The fourth-order valence-corrected chi connectivity index (χ4v) is 3.05. The van der Waals surface area contributed by atoms with Crippen molar-refractivity contribution in [3.05, 3.63) is 69.3 Å². The quantitative estimate of drug-likeness (QED) is 0.482. The maximum Gasteiger partial charge on any atom is 0.330 e. The molecule has 0 saturated heterocycles. The smallest absolute Gasteiger partial charge is 0.330 e. The third-order valence-corrected chi connectivity index (χ3v) is 4.44. The van der Waals surface area contributed by atoms with Crippen LogP contribution >= 0.6 is 23.2 Å². The number of hydrogen-bond donors (Lipinski definition) is 0. The number of carbonyl (C=O) groups is 1. The highest BCUT2D eigenvalue weighted by Crippen LogP contribution is 2.25. The van der Waals surface area contributed by atoms with Gasteiger partial charge in [-0.2, -0.15) is 5.10 Å². The fraction of sp³-hybridized carbons (Fsp3) is 0.158. The standard InChI is InChI=1S/C19H16Cl2N2O2/c1-12-3-6-15-17(7-8-19(24)25-2)22-23(18(15)9-12)11-13-4-5-14(20)10-16(13)21/h3-10H,11H2,1-2H3/b8-7-. The predicted octanol–water partition coefficient (Wildman–Crippen LogP) is 4.89. The minimum atomic E-state index is -0.421. The lowest BCUT2D eigenvalue weighted by Gasteiger charge is -2.07. The van der Waals surface area contributed by atoms with E-state index >= 15 is 0 Å². The van der Waals surface area contributed by atoms with E-state index in [2.05, 4.69) is 15.9 Å². The first-order valence-corrected chi connectivity index (χ1v) is 8.40. The van der Waals surface area contributed by atoms with Crippen molar-refractivity contribution in [3.8, 4) is 0 Å². The number of carbonyl (C=O) groups excluding carboxylic acids is 1. The Morgan fingerprint density at radius 1 is 1.24 bits per heavy atom. The molecular weight excluding hydrogens is 359 g/mol. The first-order valence-electron chi connectivity index (χ1n) is 7.65. The zero-order valence-electron chi connectivity index (χ0n) is 13.8. The number of rotatable bonds is 4. The molecule has 0 unspecified atom stereocenters. The molecule has 128 valence electrons. The summed E-state index contributed by atoms with van der Waals surface area (Å²) in [6.45, 7) is 2.53. The van der Waals surface area contributed by atoms with Gasteiger partial charge in [0.1, 0.15) is 0 Å². The van der Waals surface area contributed by atoms with Crippen LogP contribution in [0.15, 0.2) is 42.5 Å². The van der Waals surface area contributed by atoms with Gasteiger partial charge in [-0.1, -0.05) is 41.4 Å². The van der Waals surface area contributed by atoms with E-state index in [-0.39, 0.29) is 0 Å². The predicted molar refractivity (Wildman–Crippen MR) is 101 cm³/mol. The van der Waals surface area contributed by atoms with Crippen molar-refractivity contribution < 1.29 is 9.53 Å². The third-order valence-electron chi connectivity index (χ3n) is 3.85. The molecule has 0 atom stereocenters. The summed E-state index contributed by atoms with van der Waals surface area (Å²) in [4.78, 5) is 11.4. The number of aromatic nitrogens is 2. The molecule has 0 bridgehead atoms. The molecule has 0 spiro atoms. The van der Waals surface area contributed by atoms with Crippen molar-refractivity contribution in [1.82, 2.24) is 9.78 Å². The highest BCUT2D eigenvalue weighted by atomic mass is 35.5. The molecule has 0 amide bonds. The normalized spacial score (nSPS) is 11.4. The Bertz CT molecular complexity index is 977. The monoisotopic (exact) mass is 374 g/mol. The molecule has 0 N–H and O–H groups in total. The molecule has 4 nitrogen and oxygen atoms in total. The second-order valence-electron chi connectivity index (χ2n) is 5.66. The van der Waals surface area contributed by atoms with Crippen molar-refractivity contribution in [2.75, 3.05) is 7.11 Å². The second-order valence-corrected chi connectivity index (χ2v) is 6.50. The molecule has 0 aliphatic carbocycles. The molecule has 3 rings (SSSR count). The minimum Gasteiger partial charge on any atom is -0.466 e. The van der Waals surface area contributed by atoms with Crippen LogP contribution in [0.25, 0.3) is 17.0 Å². The van der Waals surface area contributed by atoms with Crippen LogP contribution in [-0.2, 0) is 16.1 Å². The van der Waals surface area contributed by atoms with Gasteiger partial charge in [-0.3, -0.25) is 4.68 Å². The number of benzene rings is 2. The molecule has 0 aliphatic heterocycles. The van der Waals surface area contributed by atoms with E-state index in [1.807, 2.05) is 29.8 Å². The lowest BCUT2D eigenvalue weighted by molar-refractivity contribution is -0.134. The zero-order chi connectivity index (χ0) is 18.0. The summed E-state index contributed by atoms with van der Waals surface area (Å²) < 4.78 is 6.51. The van der Waals surface area contributed by atoms with Crippen molar-refractivity contribution in [2.45, 2.75) is 13.5 Å². The Morgan fingerprint density at radius 3 is 2.76 bits per heavy atom. The van der Waals surface area contributed by atoms with E-state index in [1.54, 1.807) is 18.2 Å². The van der Waals surface area contributed by atoms with E-state index < -0.39 is 5.97 Å². The first kappa shape index (κ1) is 17.5. The average molecular weight is 375 g/mol. The molecule has 3 aromatic rings. The van der Waals surface area contributed by atoms with Crippen molar-refractivity contribution in [2.24, 2.45) is 0 Å². The summed E-state index contributed by atoms with van der Waals surface area (Å²) in [7, 11) is 1.34. The highest BCUT2D eigenvalue weighted by molar-refractivity contribution is 6.35. The third kappa shape index (κ3) is 3.86. The van der Waals surface area contributed by atoms with Crippen LogP contribution in [0.2, 0.25) is 10.0 Å². The summed E-state index contributed by atoms with van der Waals surface area (Å²) >= 11 is 12.3. The van der Waals surface area contributed by atoms with Crippen LogP contribution in [0.1, 0.15) is 16.8 Å². The molecule has 2 aromatic carbocycles. The number of methoxy groups -OCH3 is 1. The van der Waals surface area contributed by atoms with Crippen LogP contribution in [0.3, 0.4) is 0 Å². The van der Waals surface area contributed by atoms with Gasteiger partial charge in [0.25, 0.3) is 0 Å². The van der Waals surface area contributed by atoms with Crippen molar-refractivity contribution in [1.29, 1.82) is 0 Å². The van der Waals surface area contributed by atoms with E-state index in [0.717, 1.165) is 22.0 Å². The first-order chi connectivity index (χ1) is 12.0. The number of hydrogen-bond acceptors (Lipinski definition) is 3. The van der Waals surface area contributed by atoms with Crippen LogP contribution in [0, 0.1) is 6.92 Å². The van der Waals surface area contributed by atoms with Crippen LogP contribution in [0.4, 0.5) is 0 Å². The largest absolute Gasteiger partial charge is 0.466 e. The molecular formula is C19H16Cl2N2O2. The molecule has 0 saturated carbocycles. The summed E-state index contributed by atoms with van der Waals surface area (Å²) in [6, 6.07) is 11.5. The summed E-state index contributed by atoms with van der Waals surface area (Å²) in [5, 5.41) is 6.77. The van der Waals surface area contributed by atoms with Crippen LogP contribution in [0.5, 0.6) is 0 Å². The average Bonchev–Trinajstić information content (AvgIpc) is 2.92. The number of nitrogens with zero attached hydrogens (tertiary/aromatic N) is 2. The van der Waals surface area contributed by atoms with Crippen molar-refractivity contribution >= 4 is 46.2 Å². The Morgan fingerprint density at radius 2 is 2.04 bits per heavy atom. The summed E-state index contributed by atoms with van der Waals surface area (Å²) in [6.07, 6.45) is 3.02. The molecule has 0 aliphatic rings. The number of ether oxygens (including phenoxy) is 1. The maximum absolute atomic E-state index is 11.4. The van der Waals surface area contributed by atoms with Gasteiger partial charge < -0.3 is 4.74 Å². The Labute approximate surface area is 155 Å². The van der Waals surface area contributed by atoms with E-state index in [1.165, 1.54) is 13.2 Å². The number of halogens is 2. The Kier molecular flexibility index (Phi) is 5.11. The highest BCUT2D eigenvalue weighted by Gasteiger charge is 2.11. The maximum atomic E-state index is 11.4. The van der Waals surface area contributed by atoms with Gasteiger partial charge in [-0.25, -0.2) is 4.79 Å². The molecule has 1 aromatic heterocycles. The zero-order valence-corrected chi connectivity index (χ0v) is 15.3. The van der Waals surface area contributed by atoms with E-state index in [9.17, 15) is 4.79 Å². The topological polar surface area (TPSA) is 44.1 Å². The van der Waals surface area contributed by atoms with Gasteiger partial charge in [0, 0.05) is 21.5 Å². The SMILES string of the molecule is COC(=O)/C=C\c1nn(Cc2ccc(Cl)cc2Cl)c2cc(C)ccc12. The molecule has 0 radical (unpaired) electrons. The summed E-state index contributed by atoms with van der Waals surface area (Å²) in [5.41, 5.74) is 3.71. The van der Waals surface area contributed by atoms with Gasteiger partial charge in [-0.15, -0.1) is 0 Å².